The lowest BCUT2D eigenvalue weighted by molar-refractivity contribution is -0.0780. The highest BCUT2D eigenvalue weighted by atomic mass is 32.1. The summed E-state index contributed by atoms with van der Waals surface area (Å²) >= 11 is 1.87. The summed E-state index contributed by atoms with van der Waals surface area (Å²) < 4.78 is 5.72. The lowest BCUT2D eigenvalue weighted by Crippen LogP contribution is -2.36. The third-order valence-corrected chi connectivity index (χ3v) is 5.61. The van der Waals surface area contributed by atoms with E-state index in [9.17, 15) is 0 Å². The van der Waals surface area contributed by atoms with Crippen molar-refractivity contribution in [1.29, 1.82) is 0 Å². The summed E-state index contributed by atoms with van der Waals surface area (Å²) in [7, 11) is 1.82. The number of rotatable bonds is 3. The number of hydrogen-bond acceptors (Lipinski definition) is 4. The second-order valence-corrected chi connectivity index (χ2v) is 6.29. The van der Waals surface area contributed by atoms with E-state index in [0.717, 1.165) is 19.4 Å². The molecule has 1 aromatic rings. The Labute approximate surface area is 106 Å². The van der Waals surface area contributed by atoms with E-state index in [2.05, 4.69) is 0 Å². The first-order valence-corrected chi connectivity index (χ1v) is 7.36. The molecule has 1 aromatic heterocycles. The molecule has 17 heavy (non-hydrogen) atoms. The average Bonchev–Trinajstić information content (AvgIpc) is 2.71. The Balaban J connectivity index is 1.95. The molecule has 4 heteroatoms. The molecule has 0 aliphatic heterocycles. The fourth-order valence-electron chi connectivity index (χ4n) is 2.93. The maximum atomic E-state index is 5.85. The minimum absolute atomic E-state index is 0.0544. The number of thiazole rings is 1. The molecule has 3 nitrogen and oxygen atoms in total. The van der Waals surface area contributed by atoms with Crippen molar-refractivity contribution in [2.75, 3.05) is 13.7 Å². The van der Waals surface area contributed by atoms with E-state index >= 15 is 0 Å². The van der Waals surface area contributed by atoms with Gasteiger partial charge < -0.3 is 10.5 Å². The predicted molar refractivity (Wildman–Crippen MR) is 69.4 cm³/mol. The first-order valence-electron chi connectivity index (χ1n) is 6.54. The Morgan fingerprint density at radius 1 is 1.47 bits per heavy atom. The number of hydrogen-bond donors (Lipinski definition) is 1. The second kappa shape index (κ2) is 4.34. The number of nitrogens with two attached hydrogens (primary N) is 1. The van der Waals surface area contributed by atoms with E-state index in [1.54, 1.807) is 0 Å². The molecule has 1 unspecified atom stereocenters. The van der Waals surface area contributed by atoms with E-state index in [0.29, 0.717) is 5.92 Å². The van der Waals surface area contributed by atoms with Gasteiger partial charge in [-0.2, -0.15) is 0 Å². The van der Waals surface area contributed by atoms with Gasteiger partial charge in [-0.3, -0.25) is 0 Å². The summed E-state index contributed by atoms with van der Waals surface area (Å²) in [4.78, 5) is 6.34. The van der Waals surface area contributed by atoms with Gasteiger partial charge in [0.15, 0.2) is 0 Å². The van der Waals surface area contributed by atoms with Gasteiger partial charge >= 0.3 is 0 Å². The molecule has 0 aromatic carbocycles. The van der Waals surface area contributed by atoms with Crippen LogP contribution in [0.15, 0.2) is 0 Å². The first kappa shape index (κ1) is 11.6. The zero-order valence-corrected chi connectivity index (χ0v) is 11.2. The Bertz CT molecular complexity index is 406. The summed E-state index contributed by atoms with van der Waals surface area (Å²) in [5.41, 5.74) is 7.07. The topological polar surface area (TPSA) is 48.1 Å². The van der Waals surface area contributed by atoms with Crippen LogP contribution >= 0.6 is 11.3 Å². The molecule has 1 atom stereocenters. The number of fused-ring (bicyclic) bond motifs is 1. The highest BCUT2D eigenvalue weighted by Crippen LogP contribution is 2.47. The van der Waals surface area contributed by atoms with Crippen molar-refractivity contribution < 1.29 is 4.74 Å². The molecule has 1 fully saturated rings. The molecule has 3 rings (SSSR count). The van der Waals surface area contributed by atoms with E-state index in [4.69, 9.17) is 15.5 Å². The molecular weight excluding hydrogens is 232 g/mol. The van der Waals surface area contributed by atoms with Gasteiger partial charge in [0.1, 0.15) is 10.6 Å². The molecule has 2 aliphatic rings. The Morgan fingerprint density at radius 2 is 2.29 bits per heavy atom. The number of nitrogens with zero attached hydrogens (tertiary/aromatic N) is 1. The maximum absolute atomic E-state index is 5.85. The fraction of sp³-hybridized carbons (Fsp3) is 0.769. The average molecular weight is 252 g/mol. The van der Waals surface area contributed by atoms with Crippen LogP contribution in [0.2, 0.25) is 0 Å². The molecule has 94 valence electrons. The molecular formula is C13H20N2OS. The number of methoxy groups -OCH3 is 1. The zero-order valence-electron chi connectivity index (χ0n) is 10.4. The molecule has 0 bridgehead atoms. The molecule has 2 aliphatic carbocycles. The first-order chi connectivity index (χ1) is 8.29. The minimum atomic E-state index is -0.0544. The molecule has 0 spiro atoms. The van der Waals surface area contributed by atoms with Crippen molar-refractivity contribution >= 4 is 11.3 Å². The van der Waals surface area contributed by atoms with Gasteiger partial charge in [-0.25, -0.2) is 4.98 Å². The smallest absolute Gasteiger partial charge is 0.125 e. The number of aryl methyl sites for hydroxylation is 1. The van der Waals surface area contributed by atoms with Crippen LogP contribution in [0.4, 0.5) is 0 Å². The third-order valence-electron chi connectivity index (χ3n) is 4.30. The summed E-state index contributed by atoms with van der Waals surface area (Å²) in [6.07, 6.45) is 7.16. The van der Waals surface area contributed by atoms with Crippen LogP contribution in [-0.4, -0.2) is 18.6 Å². The lowest BCUT2D eigenvalue weighted by Gasteiger charge is -2.38. The molecule has 2 N–H and O–H groups in total. The van der Waals surface area contributed by atoms with Gasteiger partial charge in [0.2, 0.25) is 0 Å². The van der Waals surface area contributed by atoms with Crippen LogP contribution in [0.25, 0.3) is 0 Å². The summed E-state index contributed by atoms with van der Waals surface area (Å²) in [6, 6.07) is 0. The van der Waals surface area contributed by atoms with Gasteiger partial charge in [0.25, 0.3) is 0 Å². The van der Waals surface area contributed by atoms with Crippen molar-refractivity contribution in [2.24, 2.45) is 5.73 Å². The van der Waals surface area contributed by atoms with Crippen molar-refractivity contribution in [3.8, 4) is 0 Å². The SMILES string of the molecule is COC1(c2nc3c(s2)CCCC3CN)CCC1. The van der Waals surface area contributed by atoms with Gasteiger partial charge in [-0.1, -0.05) is 0 Å². The van der Waals surface area contributed by atoms with Crippen LogP contribution < -0.4 is 5.73 Å². The van der Waals surface area contributed by atoms with Gasteiger partial charge in [0, 0.05) is 24.4 Å². The van der Waals surface area contributed by atoms with Crippen LogP contribution in [0.3, 0.4) is 0 Å². The minimum Gasteiger partial charge on any atom is -0.371 e. The normalized spacial score (nSPS) is 26.4. The van der Waals surface area contributed by atoms with Crippen molar-refractivity contribution in [3.63, 3.8) is 0 Å². The van der Waals surface area contributed by atoms with Gasteiger partial charge in [-0.15, -0.1) is 11.3 Å². The van der Waals surface area contributed by atoms with Crippen LogP contribution in [0, 0.1) is 0 Å². The van der Waals surface area contributed by atoms with Crippen LogP contribution in [0.5, 0.6) is 0 Å². The zero-order chi connectivity index (χ0) is 11.9. The lowest BCUT2D eigenvalue weighted by atomic mass is 9.80. The molecule has 0 saturated heterocycles. The molecule has 1 saturated carbocycles. The monoisotopic (exact) mass is 252 g/mol. The standard InChI is InChI=1S/C13H20N2OS/c1-16-13(6-3-7-13)12-15-11-9(8-14)4-2-5-10(11)17-12/h9H,2-8,14H2,1H3. The molecule has 1 heterocycles. The number of ether oxygens (including phenoxy) is 1. The Morgan fingerprint density at radius 3 is 2.88 bits per heavy atom. The second-order valence-electron chi connectivity index (χ2n) is 5.20. The van der Waals surface area contributed by atoms with Crippen LogP contribution in [0.1, 0.15) is 53.6 Å². The number of aromatic nitrogens is 1. The van der Waals surface area contributed by atoms with Crippen molar-refractivity contribution in [3.05, 3.63) is 15.6 Å². The summed E-state index contributed by atoms with van der Waals surface area (Å²) in [6.45, 7) is 0.732. The summed E-state index contributed by atoms with van der Waals surface area (Å²) in [5, 5.41) is 1.21. The Kier molecular flexibility index (Phi) is 2.97. The van der Waals surface area contributed by atoms with Crippen molar-refractivity contribution in [2.45, 2.75) is 50.0 Å². The highest BCUT2D eigenvalue weighted by molar-refractivity contribution is 7.11. The molecule has 0 radical (unpaired) electrons. The van der Waals surface area contributed by atoms with E-state index in [1.165, 1.54) is 41.3 Å². The highest BCUT2D eigenvalue weighted by Gasteiger charge is 2.42. The van der Waals surface area contributed by atoms with Crippen molar-refractivity contribution in [1.82, 2.24) is 4.98 Å². The maximum Gasteiger partial charge on any atom is 0.125 e. The summed E-state index contributed by atoms with van der Waals surface area (Å²) in [5.74, 6) is 0.484. The van der Waals surface area contributed by atoms with E-state index < -0.39 is 0 Å². The predicted octanol–water partition coefficient (Wildman–Crippen LogP) is 2.55. The third kappa shape index (κ3) is 1.74. The van der Waals surface area contributed by atoms with Gasteiger partial charge in [0.05, 0.1) is 5.69 Å². The quantitative estimate of drug-likeness (QED) is 0.899. The van der Waals surface area contributed by atoms with Crippen LogP contribution in [-0.2, 0) is 16.8 Å². The molecule has 0 amide bonds. The Hall–Kier alpha value is -0.450. The fourth-order valence-corrected chi connectivity index (χ4v) is 4.35. The van der Waals surface area contributed by atoms with Gasteiger partial charge in [-0.05, 0) is 38.5 Å². The van der Waals surface area contributed by atoms with E-state index in [1.807, 2.05) is 18.4 Å². The van der Waals surface area contributed by atoms with E-state index in [-0.39, 0.29) is 5.60 Å². The largest absolute Gasteiger partial charge is 0.371 e.